The van der Waals surface area contributed by atoms with Gasteiger partial charge in [-0.3, -0.25) is 4.79 Å². The first kappa shape index (κ1) is 23.5. The minimum atomic E-state index is -0.806. The van der Waals surface area contributed by atoms with Gasteiger partial charge in [-0.2, -0.15) is 0 Å². The Bertz CT molecular complexity index is 633. The number of hydrogen-bond donors (Lipinski definition) is 2. The monoisotopic (exact) mass is 392 g/mol. The summed E-state index contributed by atoms with van der Waals surface area (Å²) in [5.41, 5.74) is 0.852. The van der Waals surface area contributed by atoms with Gasteiger partial charge in [0.05, 0.1) is 7.11 Å². The zero-order valence-corrected chi connectivity index (χ0v) is 17.4. The predicted molar refractivity (Wildman–Crippen MR) is 106 cm³/mol. The van der Waals surface area contributed by atoms with Crippen molar-refractivity contribution in [3.8, 4) is 0 Å². The van der Waals surface area contributed by atoms with E-state index >= 15 is 0 Å². The summed E-state index contributed by atoms with van der Waals surface area (Å²) in [5.74, 6) is -0.870. The fourth-order valence-corrected chi connectivity index (χ4v) is 2.66. The SMILES string of the molecule is CC[C@H](C)[C@@H](NC(=O)[C@H](CC(C)C)NC(=O)OCc1ccccc1)C(=O)OC. The number of rotatable bonds is 10. The Kier molecular flexibility index (Phi) is 10.1. The molecule has 0 saturated heterocycles. The van der Waals surface area contributed by atoms with E-state index in [0.717, 1.165) is 5.56 Å². The van der Waals surface area contributed by atoms with Gasteiger partial charge in [0.15, 0.2) is 0 Å². The van der Waals surface area contributed by atoms with Crippen molar-refractivity contribution >= 4 is 18.0 Å². The van der Waals surface area contributed by atoms with Gasteiger partial charge in [0, 0.05) is 0 Å². The molecule has 0 aliphatic carbocycles. The van der Waals surface area contributed by atoms with Gasteiger partial charge in [-0.15, -0.1) is 0 Å². The van der Waals surface area contributed by atoms with Crippen molar-refractivity contribution in [3.05, 3.63) is 35.9 Å². The van der Waals surface area contributed by atoms with Crippen LogP contribution in [-0.2, 0) is 25.7 Å². The number of methoxy groups -OCH3 is 1. The maximum Gasteiger partial charge on any atom is 0.408 e. The molecule has 0 aromatic heterocycles. The maximum atomic E-state index is 12.8. The predicted octanol–water partition coefficient (Wildman–Crippen LogP) is 3.03. The Balaban J connectivity index is 2.75. The lowest BCUT2D eigenvalue weighted by molar-refractivity contribution is -0.146. The summed E-state index contributed by atoms with van der Waals surface area (Å²) in [4.78, 5) is 36.9. The topological polar surface area (TPSA) is 93.7 Å². The molecule has 0 saturated carbocycles. The van der Waals surface area contributed by atoms with Crippen LogP contribution in [0, 0.1) is 11.8 Å². The highest BCUT2D eigenvalue weighted by atomic mass is 16.5. The Morgan fingerprint density at radius 3 is 2.21 bits per heavy atom. The van der Waals surface area contributed by atoms with Crippen LogP contribution in [0.2, 0.25) is 0 Å². The zero-order chi connectivity index (χ0) is 21.1. The molecule has 0 bridgehead atoms. The van der Waals surface area contributed by atoms with Crippen molar-refractivity contribution in [2.45, 2.75) is 59.2 Å². The molecule has 0 aliphatic rings. The maximum absolute atomic E-state index is 12.8. The first-order valence-corrected chi connectivity index (χ1v) is 9.63. The Hall–Kier alpha value is -2.57. The van der Waals surface area contributed by atoms with Crippen molar-refractivity contribution in [2.24, 2.45) is 11.8 Å². The van der Waals surface area contributed by atoms with E-state index in [2.05, 4.69) is 10.6 Å². The molecule has 7 heteroatoms. The van der Waals surface area contributed by atoms with Crippen molar-refractivity contribution in [1.29, 1.82) is 0 Å². The quantitative estimate of drug-likeness (QED) is 0.597. The molecule has 2 N–H and O–H groups in total. The highest BCUT2D eigenvalue weighted by molar-refractivity contribution is 5.89. The number of carbonyl (C=O) groups is 3. The van der Waals surface area contributed by atoms with Crippen LogP contribution in [0.5, 0.6) is 0 Å². The van der Waals surface area contributed by atoms with Crippen LogP contribution in [0.25, 0.3) is 0 Å². The van der Waals surface area contributed by atoms with Crippen LogP contribution in [0.3, 0.4) is 0 Å². The minimum Gasteiger partial charge on any atom is -0.467 e. The Morgan fingerprint density at radius 1 is 1.04 bits per heavy atom. The molecule has 0 aliphatic heterocycles. The van der Waals surface area contributed by atoms with Gasteiger partial charge in [-0.05, 0) is 23.8 Å². The van der Waals surface area contributed by atoms with E-state index in [0.29, 0.717) is 12.8 Å². The molecule has 156 valence electrons. The number of nitrogens with one attached hydrogen (secondary N) is 2. The Labute approximate surface area is 167 Å². The van der Waals surface area contributed by atoms with Gasteiger partial charge in [-0.25, -0.2) is 9.59 Å². The average molecular weight is 392 g/mol. The molecule has 7 nitrogen and oxygen atoms in total. The molecule has 2 amide bonds. The number of alkyl carbamates (subject to hydrolysis) is 1. The standard InChI is InChI=1S/C21H32N2O5/c1-6-15(4)18(20(25)27-5)23-19(24)17(12-14(2)3)22-21(26)28-13-16-10-8-7-9-11-16/h7-11,14-15,17-18H,6,12-13H2,1-5H3,(H,22,26)(H,23,24)/t15-,17-,18+/m0/s1. The molecule has 28 heavy (non-hydrogen) atoms. The molecule has 1 aromatic carbocycles. The number of amides is 2. The van der Waals surface area contributed by atoms with E-state index in [1.165, 1.54) is 7.11 Å². The van der Waals surface area contributed by atoms with Crippen molar-refractivity contribution in [2.75, 3.05) is 7.11 Å². The van der Waals surface area contributed by atoms with Crippen LogP contribution in [0.1, 0.15) is 46.1 Å². The molecule has 0 spiro atoms. The second-order valence-corrected chi connectivity index (χ2v) is 7.28. The Morgan fingerprint density at radius 2 is 1.68 bits per heavy atom. The number of esters is 1. The van der Waals surface area contributed by atoms with E-state index in [1.807, 2.05) is 58.0 Å². The average Bonchev–Trinajstić information content (AvgIpc) is 2.69. The van der Waals surface area contributed by atoms with Gasteiger partial charge in [0.1, 0.15) is 18.7 Å². The second kappa shape index (κ2) is 12.0. The van der Waals surface area contributed by atoms with E-state index in [4.69, 9.17) is 9.47 Å². The van der Waals surface area contributed by atoms with Crippen molar-refractivity contribution < 1.29 is 23.9 Å². The van der Waals surface area contributed by atoms with Gasteiger partial charge in [0.2, 0.25) is 5.91 Å². The van der Waals surface area contributed by atoms with E-state index in [-0.39, 0.29) is 18.4 Å². The molecule has 0 unspecified atom stereocenters. The van der Waals surface area contributed by atoms with Crippen LogP contribution in [0.4, 0.5) is 4.79 Å². The highest BCUT2D eigenvalue weighted by Gasteiger charge is 2.31. The third-order valence-corrected chi connectivity index (χ3v) is 4.49. The molecule has 0 heterocycles. The first-order valence-electron chi connectivity index (χ1n) is 9.63. The summed E-state index contributed by atoms with van der Waals surface area (Å²) < 4.78 is 10.0. The lowest BCUT2D eigenvalue weighted by atomic mass is 9.97. The summed E-state index contributed by atoms with van der Waals surface area (Å²) in [7, 11) is 1.29. The van der Waals surface area contributed by atoms with Gasteiger partial charge in [-0.1, -0.05) is 64.4 Å². The first-order chi connectivity index (χ1) is 13.3. The highest BCUT2D eigenvalue weighted by Crippen LogP contribution is 2.12. The summed E-state index contributed by atoms with van der Waals surface area (Å²) >= 11 is 0. The molecule has 0 radical (unpaired) electrons. The normalized spacial score (nSPS) is 13.9. The van der Waals surface area contributed by atoms with Gasteiger partial charge >= 0.3 is 12.1 Å². The lowest BCUT2D eigenvalue weighted by Gasteiger charge is -2.26. The van der Waals surface area contributed by atoms with Crippen LogP contribution < -0.4 is 10.6 Å². The fourth-order valence-electron chi connectivity index (χ4n) is 2.66. The second-order valence-electron chi connectivity index (χ2n) is 7.28. The van der Waals surface area contributed by atoms with Crippen LogP contribution >= 0.6 is 0 Å². The molecule has 1 rings (SSSR count). The largest absolute Gasteiger partial charge is 0.467 e. The number of carbonyl (C=O) groups excluding carboxylic acids is 3. The van der Waals surface area contributed by atoms with Crippen LogP contribution in [0.15, 0.2) is 30.3 Å². The number of ether oxygens (including phenoxy) is 2. The fraction of sp³-hybridized carbons (Fsp3) is 0.571. The molecular formula is C21H32N2O5. The number of hydrogen-bond acceptors (Lipinski definition) is 5. The lowest BCUT2D eigenvalue weighted by Crippen LogP contribution is -2.54. The molecular weight excluding hydrogens is 360 g/mol. The van der Waals surface area contributed by atoms with Crippen molar-refractivity contribution in [1.82, 2.24) is 10.6 Å². The zero-order valence-electron chi connectivity index (χ0n) is 17.4. The molecule has 0 fully saturated rings. The van der Waals surface area contributed by atoms with Gasteiger partial charge < -0.3 is 20.1 Å². The third-order valence-electron chi connectivity index (χ3n) is 4.49. The van der Waals surface area contributed by atoms with E-state index in [1.54, 1.807) is 0 Å². The smallest absolute Gasteiger partial charge is 0.408 e. The molecule has 1 aromatic rings. The molecule has 3 atom stereocenters. The van der Waals surface area contributed by atoms with Gasteiger partial charge in [0.25, 0.3) is 0 Å². The van der Waals surface area contributed by atoms with E-state index in [9.17, 15) is 14.4 Å². The third kappa shape index (κ3) is 7.98. The summed E-state index contributed by atoms with van der Waals surface area (Å²) in [5, 5.41) is 5.33. The summed E-state index contributed by atoms with van der Waals surface area (Å²) in [6.07, 6.45) is 0.435. The van der Waals surface area contributed by atoms with E-state index < -0.39 is 30.1 Å². The number of benzene rings is 1. The summed E-state index contributed by atoms with van der Waals surface area (Å²) in [6, 6.07) is 7.71. The van der Waals surface area contributed by atoms with Crippen molar-refractivity contribution in [3.63, 3.8) is 0 Å². The summed E-state index contributed by atoms with van der Waals surface area (Å²) in [6.45, 7) is 7.80. The minimum absolute atomic E-state index is 0.0962. The van der Waals surface area contributed by atoms with Crippen LogP contribution in [-0.4, -0.2) is 37.2 Å².